The lowest BCUT2D eigenvalue weighted by Gasteiger charge is -2.09. The highest BCUT2D eigenvalue weighted by molar-refractivity contribution is 6.30. The zero-order valence-corrected chi connectivity index (χ0v) is 17.1. The third-order valence-corrected chi connectivity index (χ3v) is 5.42. The molecule has 2 N–H and O–H groups in total. The predicted molar refractivity (Wildman–Crippen MR) is 122 cm³/mol. The Bertz CT molecular complexity index is 1430. The maximum absolute atomic E-state index is 13.5. The number of aromatic amines is 1. The number of benzene rings is 3. The maximum atomic E-state index is 13.5. The van der Waals surface area contributed by atoms with Crippen LogP contribution >= 0.6 is 11.6 Å². The highest BCUT2D eigenvalue weighted by Crippen LogP contribution is 2.32. The van der Waals surface area contributed by atoms with Crippen molar-refractivity contribution in [2.75, 3.05) is 0 Å². The average molecular weight is 430 g/mol. The number of nitrogens with zero attached hydrogens (tertiary/aromatic N) is 1. The molecule has 5 aromatic rings. The molecule has 0 aliphatic carbocycles. The van der Waals surface area contributed by atoms with E-state index in [4.69, 9.17) is 11.6 Å². The Balaban J connectivity index is 1.60. The Kier molecular flexibility index (Phi) is 4.88. The second-order valence-electron chi connectivity index (χ2n) is 7.27. The minimum absolute atomic E-state index is 0.290. The number of amides is 1. The normalized spacial score (nSPS) is 11.2. The first-order valence-corrected chi connectivity index (χ1v) is 10.2. The Morgan fingerprint density at radius 1 is 0.968 bits per heavy atom. The molecule has 0 atom stereocenters. The SMILES string of the molecule is O=C(NCc1cccc(Cl)c1)c1cc2c([nH]c3ccccc32)c(-c2ccc(F)cc2)n1. The molecule has 3 aromatic carbocycles. The first kappa shape index (κ1) is 19.3. The standard InChI is InChI=1S/C25H17ClFN3O/c26-17-5-3-4-15(12-17)14-28-25(31)22-13-20-19-6-1-2-7-21(19)29-24(20)23(30-22)16-8-10-18(27)11-9-16/h1-13,29H,14H2,(H,28,31). The van der Waals surface area contributed by atoms with Crippen molar-refractivity contribution in [1.82, 2.24) is 15.3 Å². The van der Waals surface area contributed by atoms with E-state index in [9.17, 15) is 9.18 Å². The Labute approximate surface area is 182 Å². The van der Waals surface area contributed by atoms with Gasteiger partial charge in [0.25, 0.3) is 5.91 Å². The van der Waals surface area contributed by atoms with E-state index in [0.717, 1.165) is 32.9 Å². The molecule has 0 unspecified atom stereocenters. The summed E-state index contributed by atoms with van der Waals surface area (Å²) in [5, 5.41) is 5.40. The molecule has 0 bridgehead atoms. The van der Waals surface area contributed by atoms with E-state index in [1.54, 1.807) is 24.3 Å². The first-order chi connectivity index (χ1) is 15.1. The number of hydrogen-bond acceptors (Lipinski definition) is 2. The third-order valence-electron chi connectivity index (χ3n) is 5.19. The predicted octanol–water partition coefficient (Wildman–Crippen LogP) is 6.11. The summed E-state index contributed by atoms with van der Waals surface area (Å²) < 4.78 is 13.5. The molecule has 0 saturated carbocycles. The monoisotopic (exact) mass is 429 g/mol. The Hall–Kier alpha value is -3.70. The molecule has 0 saturated heterocycles. The summed E-state index contributed by atoms with van der Waals surface area (Å²) in [5.74, 6) is -0.623. The zero-order chi connectivity index (χ0) is 21.4. The van der Waals surface area contributed by atoms with Crippen molar-refractivity contribution >= 4 is 39.3 Å². The lowest BCUT2D eigenvalue weighted by Crippen LogP contribution is -2.24. The minimum atomic E-state index is -0.327. The van der Waals surface area contributed by atoms with Crippen LogP contribution in [0.15, 0.2) is 78.9 Å². The van der Waals surface area contributed by atoms with Crippen LogP contribution in [0.4, 0.5) is 4.39 Å². The Morgan fingerprint density at radius 3 is 2.58 bits per heavy atom. The molecule has 0 aliphatic heterocycles. The number of carbonyl (C=O) groups excluding carboxylic acids is 1. The van der Waals surface area contributed by atoms with E-state index in [-0.39, 0.29) is 11.7 Å². The van der Waals surface area contributed by atoms with Crippen LogP contribution in [0.5, 0.6) is 0 Å². The van der Waals surface area contributed by atoms with Crippen LogP contribution in [0.3, 0.4) is 0 Å². The maximum Gasteiger partial charge on any atom is 0.270 e. The van der Waals surface area contributed by atoms with Gasteiger partial charge in [-0.2, -0.15) is 0 Å². The number of pyridine rings is 1. The van der Waals surface area contributed by atoms with Crippen LogP contribution in [0.1, 0.15) is 16.1 Å². The van der Waals surface area contributed by atoms with Gasteiger partial charge in [0.1, 0.15) is 11.5 Å². The lowest BCUT2D eigenvalue weighted by atomic mass is 10.1. The molecule has 4 nitrogen and oxygen atoms in total. The van der Waals surface area contributed by atoms with Gasteiger partial charge in [-0.3, -0.25) is 4.79 Å². The number of rotatable bonds is 4. The van der Waals surface area contributed by atoms with E-state index in [0.29, 0.717) is 23.0 Å². The van der Waals surface area contributed by atoms with Crippen molar-refractivity contribution in [3.63, 3.8) is 0 Å². The number of carbonyl (C=O) groups is 1. The van der Waals surface area contributed by atoms with Crippen LogP contribution in [-0.2, 0) is 6.54 Å². The van der Waals surface area contributed by atoms with E-state index in [2.05, 4.69) is 15.3 Å². The summed E-state index contributed by atoms with van der Waals surface area (Å²) in [7, 11) is 0. The summed E-state index contributed by atoms with van der Waals surface area (Å²) >= 11 is 6.03. The van der Waals surface area contributed by atoms with E-state index in [1.807, 2.05) is 42.5 Å². The van der Waals surface area contributed by atoms with Crippen molar-refractivity contribution in [3.8, 4) is 11.3 Å². The van der Waals surface area contributed by atoms with Crippen LogP contribution < -0.4 is 5.32 Å². The van der Waals surface area contributed by atoms with Gasteiger partial charge in [0.15, 0.2) is 0 Å². The molecular formula is C25H17ClFN3O. The molecule has 2 aromatic heterocycles. The van der Waals surface area contributed by atoms with E-state index >= 15 is 0 Å². The van der Waals surface area contributed by atoms with Gasteiger partial charge < -0.3 is 10.3 Å². The average Bonchev–Trinajstić information content (AvgIpc) is 3.16. The number of fused-ring (bicyclic) bond motifs is 3. The highest BCUT2D eigenvalue weighted by Gasteiger charge is 2.17. The van der Waals surface area contributed by atoms with Gasteiger partial charge in [0, 0.05) is 33.4 Å². The smallest absolute Gasteiger partial charge is 0.270 e. The van der Waals surface area contributed by atoms with Gasteiger partial charge in [0.05, 0.1) is 11.2 Å². The van der Waals surface area contributed by atoms with Gasteiger partial charge in [-0.25, -0.2) is 9.37 Å². The fourth-order valence-corrected chi connectivity index (χ4v) is 3.91. The Morgan fingerprint density at radius 2 is 1.77 bits per heavy atom. The topological polar surface area (TPSA) is 57.8 Å². The number of nitrogens with one attached hydrogen (secondary N) is 2. The summed E-state index contributed by atoms with van der Waals surface area (Å²) in [6.07, 6.45) is 0. The molecule has 1 amide bonds. The van der Waals surface area contributed by atoms with E-state index < -0.39 is 0 Å². The highest BCUT2D eigenvalue weighted by atomic mass is 35.5. The van der Waals surface area contributed by atoms with Gasteiger partial charge in [-0.1, -0.05) is 41.9 Å². The van der Waals surface area contributed by atoms with Crippen molar-refractivity contribution in [3.05, 3.63) is 101 Å². The molecule has 0 radical (unpaired) electrons. The van der Waals surface area contributed by atoms with Gasteiger partial charge in [0.2, 0.25) is 0 Å². The van der Waals surface area contributed by atoms with Crippen LogP contribution in [-0.4, -0.2) is 15.9 Å². The number of para-hydroxylation sites is 1. The van der Waals surface area contributed by atoms with Crippen molar-refractivity contribution in [1.29, 1.82) is 0 Å². The van der Waals surface area contributed by atoms with Crippen LogP contribution in [0.25, 0.3) is 33.1 Å². The quantitative estimate of drug-likeness (QED) is 0.362. The molecule has 0 aliphatic rings. The van der Waals surface area contributed by atoms with Gasteiger partial charge >= 0.3 is 0 Å². The summed E-state index contributed by atoms with van der Waals surface area (Å²) in [6.45, 7) is 0.332. The first-order valence-electron chi connectivity index (χ1n) is 9.78. The summed E-state index contributed by atoms with van der Waals surface area (Å²) in [4.78, 5) is 21.0. The van der Waals surface area contributed by atoms with E-state index in [1.165, 1.54) is 12.1 Å². The molecule has 0 fully saturated rings. The largest absolute Gasteiger partial charge is 0.353 e. The molecular weight excluding hydrogens is 413 g/mol. The third kappa shape index (κ3) is 3.76. The van der Waals surface area contributed by atoms with Crippen molar-refractivity contribution < 1.29 is 9.18 Å². The molecule has 5 rings (SSSR count). The van der Waals surface area contributed by atoms with Crippen molar-refractivity contribution in [2.24, 2.45) is 0 Å². The number of halogens is 2. The second kappa shape index (κ2) is 7.85. The molecule has 152 valence electrons. The van der Waals surface area contributed by atoms with Crippen molar-refractivity contribution in [2.45, 2.75) is 6.54 Å². The minimum Gasteiger partial charge on any atom is -0.353 e. The second-order valence-corrected chi connectivity index (χ2v) is 7.71. The lowest BCUT2D eigenvalue weighted by molar-refractivity contribution is 0.0946. The van der Waals surface area contributed by atoms with Gasteiger partial charge in [-0.15, -0.1) is 0 Å². The fraction of sp³-hybridized carbons (Fsp3) is 0.0400. The zero-order valence-electron chi connectivity index (χ0n) is 16.3. The molecule has 2 heterocycles. The summed E-state index contributed by atoms with van der Waals surface area (Å²) in [6, 6.07) is 23.1. The fourth-order valence-electron chi connectivity index (χ4n) is 3.70. The number of hydrogen-bond donors (Lipinski definition) is 2. The molecule has 6 heteroatoms. The summed E-state index contributed by atoms with van der Waals surface area (Å²) in [5.41, 5.74) is 4.26. The van der Waals surface area contributed by atoms with Gasteiger partial charge in [-0.05, 0) is 54.1 Å². The number of aromatic nitrogens is 2. The number of H-pyrrole nitrogens is 1. The van der Waals surface area contributed by atoms with Crippen LogP contribution in [0.2, 0.25) is 5.02 Å². The molecule has 31 heavy (non-hydrogen) atoms. The van der Waals surface area contributed by atoms with Crippen LogP contribution in [0, 0.1) is 5.82 Å². The molecule has 0 spiro atoms.